The lowest BCUT2D eigenvalue weighted by atomic mass is 10.1. The highest BCUT2D eigenvalue weighted by Gasteiger charge is 2.15. The number of amides is 1. The molecule has 1 N–H and O–H groups in total. The van der Waals surface area contributed by atoms with Crippen molar-refractivity contribution in [3.63, 3.8) is 0 Å². The van der Waals surface area contributed by atoms with Crippen molar-refractivity contribution >= 4 is 16.7 Å². The predicted molar refractivity (Wildman–Crippen MR) is 85.7 cm³/mol. The lowest BCUT2D eigenvalue weighted by Crippen LogP contribution is -2.35. The summed E-state index contributed by atoms with van der Waals surface area (Å²) >= 11 is 0. The Morgan fingerprint density at radius 1 is 1.29 bits per heavy atom. The zero-order valence-electron chi connectivity index (χ0n) is 12.8. The lowest BCUT2D eigenvalue weighted by molar-refractivity contribution is 0.0932. The molecule has 4 nitrogen and oxygen atoms in total. The molecule has 112 valence electrons. The summed E-state index contributed by atoms with van der Waals surface area (Å²) in [6, 6.07) is 9.25. The Hall–Kier alpha value is -2.10. The standard InChI is InChI=1S/C17H22N2O2/c1-4-5-10-19-15(16(20)18-12(2)3)11-13-8-6-7-9-14(13)17(19)21/h6-9,11-12H,4-5,10H2,1-3H3,(H,18,20). The van der Waals surface area contributed by atoms with E-state index in [1.54, 1.807) is 4.57 Å². The van der Waals surface area contributed by atoms with E-state index < -0.39 is 0 Å². The average Bonchev–Trinajstić information content (AvgIpc) is 2.45. The van der Waals surface area contributed by atoms with Crippen molar-refractivity contribution in [2.45, 2.75) is 46.2 Å². The van der Waals surface area contributed by atoms with Crippen LogP contribution in [0.3, 0.4) is 0 Å². The Morgan fingerprint density at radius 2 is 2.00 bits per heavy atom. The molecular weight excluding hydrogens is 264 g/mol. The maximum atomic E-state index is 12.6. The van der Waals surface area contributed by atoms with E-state index in [4.69, 9.17) is 0 Å². The van der Waals surface area contributed by atoms with E-state index >= 15 is 0 Å². The number of hydrogen-bond donors (Lipinski definition) is 1. The van der Waals surface area contributed by atoms with Crippen LogP contribution in [-0.4, -0.2) is 16.5 Å². The minimum atomic E-state index is -0.191. The summed E-state index contributed by atoms with van der Waals surface area (Å²) in [7, 11) is 0. The normalized spacial score (nSPS) is 11.0. The molecule has 0 bridgehead atoms. The second-order valence-corrected chi connectivity index (χ2v) is 5.56. The van der Waals surface area contributed by atoms with Gasteiger partial charge in [0.2, 0.25) is 0 Å². The van der Waals surface area contributed by atoms with Gasteiger partial charge >= 0.3 is 0 Å². The molecule has 1 heterocycles. The SMILES string of the molecule is CCCCn1c(C(=O)NC(C)C)cc2ccccc2c1=O. The fourth-order valence-electron chi connectivity index (χ4n) is 2.36. The van der Waals surface area contributed by atoms with Crippen LogP contribution in [0.5, 0.6) is 0 Å². The first-order valence-corrected chi connectivity index (χ1v) is 7.48. The number of nitrogens with one attached hydrogen (secondary N) is 1. The lowest BCUT2D eigenvalue weighted by Gasteiger charge is -2.15. The van der Waals surface area contributed by atoms with Crippen molar-refractivity contribution in [1.29, 1.82) is 0 Å². The van der Waals surface area contributed by atoms with Gasteiger partial charge in [-0.2, -0.15) is 0 Å². The number of unbranched alkanes of at least 4 members (excludes halogenated alkanes) is 1. The number of hydrogen-bond acceptors (Lipinski definition) is 2. The van der Waals surface area contributed by atoms with E-state index in [2.05, 4.69) is 12.2 Å². The topological polar surface area (TPSA) is 51.1 Å². The highest BCUT2D eigenvalue weighted by Crippen LogP contribution is 2.13. The summed E-state index contributed by atoms with van der Waals surface area (Å²) in [5.74, 6) is -0.191. The van der Waals surface area contributed by atoms with Gasteiger partial charge in [0.1, 0.15) is 5.69 Å². The highest BCUT2D eigenvalue weighted by atomic mass is 16.2. The first-order valence-electron chi connectivity index (χ1n) is 7.48. The molecule has 2 rings (SSSR count). The van der Waals surface area contributed by atoms with E-state index in [9.17, 15) is 9.59 Å². The summed E-state index contributed by atoms with van der Waals surface area (Å²) < 4.78 is 1.60. The van der Waals surface area contributed by atoms with E-state index in [1.165, 1.54) is 0 Å². The Kier molecular flexibility index (Phi) is 4.78. The molecule has 1 amide bonds. The molecule has 1 aromatic carbocycles. The Bertz CT molecular complexity index is 701. The number of nitrogens with zero attached hydrogens (tertiary/aromatic N) is 1. The van der Waals surface area contributed by atoms with E-state index in [-0.39, 0.29) is 17.5 Å². The molecule has 0 saturated heterocycles. The van der Waals surface area contributed by atoms with Crippen molar-refractivity contribution in [2.75, 3.05) is 0 Å². The van der Waals surface area contributed by atoms with Gasteiger partial charge in [0.25, 0.3) is 11.5 Å². The van der Waals surface area contributed by atoms with E-state index in [0.29, 0.717) is 17.6 Å². The first-order chi connectivity index (χ1) is 10.0. The molecule has 4 heteroatoms. The van der Waals surface area contributed by atoms with Crippen LogP contribution in [0.15, 0.2) is 35.1 Å². The third-order valence-electron chi connectivity index (χ3n) is 3.41. The smallest absolute Gasteiger partial charge is 0.268 e. The molecule has 1 aromatic heterocycles. The minimum Gasteiger partial charge on any atom is -0.349 e. The molecule has 0 fully saturated rings. The van der Waals surface area contributed by atoms with Crippen LogP contribution < -0.4 is 10.9 Å². The molecule has 0 aliphatic carbocycles. The monoisotopic (exact) mass is 286 g/mol. The van der Waals surface area contributed by atoms with Gasteiger partial charge in [-0.05, 0) is 37.8 Å². The quantitative estimate of drug-likeness (QED) is 0.918. The number of carbonyl (C=O) groups is 1. The Balaban J connectivity index is 2.60. The average molecular weight is 286 g/mol. The number of fused-ring (bicyclic) bond motifs is 1. The molecule has 0 aliphatic heterocycles. The van der Waals surface area contributed by atoms with E-state index in [1.807, 2.05) is 44.2 Å². The summed E-state index contributed by atoms with van der Waals surface area (Å²) in [5.41, 5.74) is 0.358. The molecular formula is C17H22N2O2. The molecule has 0 radical (unpaired) electrons. The second kappa shape index (κ2) is 6.57. The van der Waals surface area contributed by atoms with Crippen LogP contribution in [0.4, 0.5) is 0 Å². The number of aromatic nitrogens is 1. The molecule has 0 saturated carbocycles. The van der Waals surface area contributed by atoms with Crippen molar-refractivity contribution in [3.05, 3.63) is 46.4 Å². The Labute approximate surface area is 124 Å². The molecule has 0 spiro atoms. The molecule has 21 heavy (non-hydrogen) atoms. The van der Waals surface area contributed by atoms with Gasteiger partial charge in [0, 0.05) is 18.0 Å². The van der Waals surface area contributed by atoms with Crippen molar-refractivity contribution in [1.82, 2.24) is 9.88 Å². The van der Waals surface area contributed by atoms with E-state index in [0.717, 1.165) is 18.2 Å². The zero-order valence-corrected chi connectivity index (χ0v) is 12.8. The molecule has 0 unspecified atom stereocenters. The zero-order chi connectivity index (χ0) is 15.4. The van der Waals surface area contributed by atoms with Crippen LogP contribution in [0.25, 0.3) is 10.8 Å². The number of benzene rings is 1. The third kappa shape index (κ3) is 3.32. The summed E-state index contributed by atoms with van der Waals surface area (Å²) in [6.45, 7) is 6.46. The summed E-state index contributed by atoms with van der Waals surface area (Å²) in [5, 5.41) is 4.34. The summed E-state index contributed by atoms with van der Waals surface area (Å²) in [6.07, 6.45) is 1.85. The minimum absolute atomic E-state index is 0.0405. The molecule has 0 atom stereocenters. The van der Waals surface area contributed by atoms with Gasteiger partial charge in [-0.1, -0.05) is 31.5 Å². The van der Waals surface area contributed by atoms with Gasteiger partial charge in [-0.25, -0.2) is 0 Å². The maximum Gasteiger partial charge on any atom is 0.268 e. The second-order valence-electron chi connectivity index (χ2n) is 5.56. The van der Waals surface area contributed by atoms with Crippen molar-refractivity contribution in [2.24, 2.45) is 0 Å². The number of carbonyl (C=O) groups excluding carboxylic acids is 1. The van der Waals surface area contributed by atoms with Gasteiger partial charge in [0.05, 0.1) is 0 Å². The first kappa shape index (κ1) is 15.3. The number of pyridine rings is 1. The van der Waals surface area contributed by atoms with Crippen LogP contribution >= 0.6 is 0 Å². The van der Waals surface area contributed by atoms with Gasteiger partial charge in [-0.3, -0.25) is 9.59 Å². The van der Waals surface area contributed by atoms with Gasteiger partial charge in [0.15, 0.2) is 0 Å². The maximum absolute atomic E-state index is 12.6. The predicted octanol–water partition coefficient (Wildman–Crippen LogP) is 2.94. The van der Waals surface area contributed by atoms with Crippen LogP contribution in [0, 0.1) is 0 Å². The Morgan fingerprint density at radius 3 is 2.67 bits per heavy atom. The largest absolute Gasteiger partial charge is 0.349 e. The summed E-state index contributed by atoms with van der Waals surface area (Å²) in [4.78, 5) is 25.0. The fourth-order valence-corrected chi connectivity index (χ4v) is 2.36. The van der Waals surface area contributed by atoms with Crippen LogP contribution in [0.2, 0.25) is 0 Å². The fraction of sp³-hybridized carbons (Fsp3) is 0.412. The highest BCUT2D eigenvalue weighted by molar-refractivity contribution is 5.96. The van der Waals surface area contributed by atoms with Crippen LogP contribution in [-0.2, 0) is 6.54 Å². The third-order valence-corrected chi connectivity index (χ3v) is 3.41. The van der Waals surface area contributed by atoms with Crippen molar-refractivity contribution in [3.8, 4) is 0 Å². The molecule has 0 aliphatic rings. The van der Waals surface area contributed by atoms with Gasteiger partial charge < -0.3 is 9.88 Å². The number of rotatable bonds is 5. The van der Waals surface area contributed by atoms with Gasteiger partial charge in [-0.15, -0.1) is 0 Å². The van der Waals surface area contributed by atoms with Crippen LogP contribution in [0.1, 0.15) is 44.1 Å². The molecule has 2 aromatic rings. The van der Waals surface area contributed by atoms with Crippen molar-refractivity contribution < 1.29 is 4.79 Å².